The molecule has 4 aromatic rings. The first-order chi connectivity index (χ1) is 21.2. The van der Waals surface area contributed by atoms with Gasteiger partial charge in [0.25, 0.3) is 5.91 Å². The number of ether oxygens (including phenoxy) is 1. The zero-order chi connectivity index (χ0) is 33.1. The first kappa shape index (κ1) is 34.2. The lowest BCUT2D eigenvalue weighted by Crippen LogP contribution is -2.30. The van der Waals surface area contributed by atoms with E-state index in [0.717, 1.165) is 11.1 Å². The Hall–Kier alpha value is -3.69. The van der Waals surface area contributed by atoms with Crippen LogP contribution in [0.15, 0.2) is 60.7 Å². The zero-order valence-electron chi connectivity index (χ0n) is 25.9. The fraction of sp³-hybridized carbons (Fsp3) is 0.294. The molecule has 0 spiro atoms. The van der Waals surface area contributed by atoms with E-state index in [1.165, 1.54) is 9.75 Å². The minimum Gasteiger partial charge on any atom is -0.469 e. The molecule has 8 nitrogen and oxygen atoms in total. The van der Waals surface area contributed by atoms with Gasteiger partial charge in [0.15, 0.2) is 12.4 Å². The van der Waals surface area contributed by atoms with Gasteiger partial charge in [0.05, 0.1) is 29.3 Å². The van der Waals surface area contributed by atoms with Crippen LogP contribution < -0.4 is 4.74 Å². The average Bonchev–Trinajstić information content (AvgIpc) is 3.43. The summed E-state index contributed by atoms with van der Waals surface area (Å²) in [5.41, 5.74) is 3.76. The van der Waals surface area contributed by atoms with Gasteiger partial charge in [0.2, 0.25) is 11.7 Å². The smallest absolute Gasteiger partial charge is 0.254 e. The summed E-state index contributed by atoms with van der Waals surface area (Å²) in [7, 11) is 1.66. The molecule has 1 aromatic heterocycles. The molecule has 0 radical (unpaired) electrons. The first-order valence-electron chi connectivity index (χ1n) is 14.1. The van der Waals surface area contributed by atoms with Crippen LogP contribution in [0, 0.1) is 26.2 Å². The molecule has 1 amide bonds. The fourth-order valence-electron chi connectivity index (χ4n) is 4.59. The van der Waals surface area contributed by atoms with E-state index in [-0.39, 0.29) is 40.5 Å². The monoisotopic (exact) mass is 669 g/mol. The van der Waals surface area contributed by atoms with E-state index in [9.17, 15) is 14.4 Å². The van der Waals surface area contributed by atoms with E-state index >= 15 is 0 Å². The van der Waals surface area contributed by atoms with Crippen LogP contribution >= 0.6 is 34.8 Å². The molecule has 1 saturated heterocycles. The highest BCUT2D eigenvalue weighted by molar-refractivity contribution is 6.39. The lowest BCUT2D eigenvalue weighted by molar-refractivity contribution is -0.165. The second-order valence-electron chi connectivity index (χ2n) is 11.4. The number of nitrogens with zero attached hydrogens (tertiary/aromatic N) is 3. The second-order valence-corrected chi connectivity index (χ2v) is 12.6. The van der Waals surface area contributed by atoms with Gasteiger partial charge in [-0.25, -0.2) is 9.75 Å². The molecule has 236 valence electrons. The van der Waals surface area contributed by atoms with Crippen molar-refractivity contribution >= 4 is 52.3 Å². The number of hydrogen-bond acceptors (Lipinski definition) is 6. The van der Waals surface area contributed by atoms with Crippen LogP contribution in [-0.4, -0.2) is 45.5 Å². The van der Waals surface area contributed by atoms with Crippen LogP contribution in [0.2, 0.25) is 15.1 Å². The van der Waals surface area contributed by atoms with Gasteiger partial charge in [0, 0.05) is 28.2 Å². The first-order valence-corrected chi connectivity index (χ1v) is 15.3. The number of hydroxylamine groups is 2. The Labute approximate surface area is 277 Å². The molecule has 1 fully saturated rings. The summed E-state index contributed by atoms with van der Waals surface area (Å²) in [5.74, 6) is -0.301. The standard InChI is InChI=1S/C22H20Cl2N2O3.C12H14ClNO2/c1-12-5-7-15(8-6-12)18(27)11-29-22-19(14(3)25-26(22)4)21(28)16-9-10-17(23)13(2)20(16)24;1-12(2)8-16-14(11(12)15)7-9-5-3-4-6-10(9)13/h5-10H,11H2,1-4H3;3-6H,7-8H2,1-2H3. The number of amides is 1. The molecule has 0 atom stereocenters. The Bertz CT molecular complexity index is 1750. The zero-order valence-corrected chi connectivity index (χ0v) is 28.2. The maximum atomic E-state index is 13.2. The number of hydrogen-bond donors (Lipinski definition) is 0. The number of benzene rings is 3. The Morgan fingerprint density at radius 1 is 0.956 bits per heavy atom. The topological polar surface area (TPSA) is 90.7 Å². The predicted molar refractivity (Wildman–Crippen MR) is 175 cm³/mol. The van der Waals surface area contributed by atoms with Crippen molar-refractivity contribution in [3.8, 4) is 5.88 Å². The molecule has 1 aliphatic rings. The van der Waals surface area contributed by atoms with Crippen LogP contribution in [0.1, 0.15) is 62.5 Å². The molecule has 0 aliphatic carbocycles. The van der Waals surface area contributed by atoms with E-state index in [2.05, 4.69) is 5.10 Å². The third-order valence-corrected chi connectivity index (χ3v) is 8.60. The number of carbonyl (C=O) groups is 3. The van der Waals surface area contributed by atoms with E-state index in [1.54, 1.807) is 45.2 Å². The Morgan fingerprint density at radius 2 is 1.62 bits per heavy atom. The van der Waals surface area contributed by atoms with Crippen molar-refractivity contribution in [3.63, 3.8) is 0 Å². The van der Waals surface area contributed by atoms with E-state index in [4.69, 9.17) is 44.4 Å². The van der Waals surface area contributed by atoms with Gasteiger partial charge in [-0.2, -0.15) is 5.10 Å². The Morgan fingerprint density at radius 3 is 2.24 bits per heavy atom. The molecule has 0 bridgehead atoms. The van der Waals surface area contributed by atoms with Gasteiger partial charge in [0.1, 0.15) is 5.56 Å². The molecule has 0 unspecified atom stereocenters. The summed E-state index contributed by atoms with van der Waals surface area (Å²) in [6.45, 7) is 9.77. The number of Topliss-reactive ketones (excluding diaryl/α,β-unsaturated/α-hetero) is 1. The van der Waals surface area contributed by atoms with Crippen LogP contribution in [0.4, 0.5) is 0 Å². The number of rotatable bonds is 8. The minimum absolute atomic E-state index is 0.00687. The van der Waals surface area contributed by atoms with Crippen molar-refractivity contribution in [2.75, 3.05) is 13.2 Å². The summed E-state index contributed by atoms with van der Waals surface area (Å²) in [6, 6.07) is 17.9. The van der Waals surface area contributed by atoms with E-state index < -0.39 is 5.41 Å². The van der Waals surface area contributed by atoms with Gasteiger partial charge in [-0.05, 0) is 63.9 Å². The third-order valence-electron chi connectivity index (χ3n) is 7.33. The van der Waals surface area contributed by atoms with Gasteiger partial charge >= 0.3 is 0 Å². The van der Waals surface area contributed by atoms with Crippen molar-refractivity contribution < 1.29 is 24.0 Å². The lowest BCUT2D eigenvalue weighted by atomic mass is 9.95. The molecule has 5 rings (SSSR count). The van der Waals surface area contributed by atoms with E-state index in [0.29, 0.717) is 45.6 Å². The van der Waals surface area contributed by atoms with Crippen molar-refractivity contribution in [1.29, 1.82) is 0 Å². The van der Waals surface area contributed by atoms with Crippen molar-refractivity contribution in [1.82, 2.24) is 14.8 Å². The summed E-state index contributed by atoms with van der Waals surface area (Å²) >= 11 is 18.5. The average molecular weight is 671 g/mol. The number of halogens is 3. The molecule has 3 aromatic carbocycles. The predicted octanol–water partition coefficient (Wildman–Crippen LogP) is 7.78. The van der Waals surface area contributed by atoms with Crippen LogP contribution in [0.3, 0.4) is 0 Å². The van der Waals surface area contributed by atoms with Crippen molar-refractivity contribution in [3.05, 3.63) is 115 Å². The highest BCUT2D eigenvalue weighted by atomic mass is 35.5. The maximum Gasteiger partial charge on any atom is 0.254 e. The lowest BCUT2D eigenvalue weighted by Gasteiger charge is -2.16. The summed E-state index contributed by atoms with van der Waals surface area (Å²) in [5, 5.41) is 7.09. The van der Waals surface area contributed by atoms with Crippen LogP contribution in [0.25, 0.3) is 0 Å². The van der Waals surface area contributed by atoms with E-state index in [1.807, 2.05) is 57.2 Å². The van der Waals surface area contributed by atoms with Gasteiger partial charge in [-0.15, -0.1) is 0 Å². The highest BCUT2D eigenvalue weighted by Crippen LogP contribution is 2.32. The molecule has 11 heteroatoms. The molecule has 45 heavy (non-hydrogen) atoms. The molecule has 0 N–H and O–H groups in total. The van der Waals surface area contributed by atoms with Crippen LogP contribution in [-0.2, 0) is 23.2 Å². The Kier molecular flexibility index (Phi) is 10.8. The largest absolute Gasteiger partial charge is 0.469 e. The van der Waals surface area contributed by atoms with Crippen molar-refractivity contribution in [2.45, 2.75) is 41.2 Å². The maximum absolute atomic E-state index is 13.2. The molecule has 0 saturated carbocycles. The molecule has 2 heterocycles. The summed E-state index contributed by atoms with van der Waals surface area (Å²) < 4.78 is 7.18. The third kappa shape index (κ3) is 7.76. The van der Waals surface area contributed by atoms with Crippen molar-refractivity contribution in [2.24, 2.45) is 12.5 Å². The quantitative estimate of drug-likeness (QED) is 0.178. The summed E-state index contributed by atoms with van der Waals surface area (Å²) in [4.78, 5) is 42.9. The molecule has 1 aliphatic heterocycles. The fourth-order valence-corrected chi connectivity index (χ4v) is 5.24. The highest BCUT2D eigenvalue weighted by Gasteiger charge is 2.40. The Balaban J connectivity index is 0.000000242. The van der Waals surface area contributed by atoms with Crippen LogP contribution in [0.5, 0.6) is 5.88 Å². The molecular formula is C34H34Cl3N3O5. The number of carbonyl (C=O) groups excluding carboxylic acids is 3. The minimum atomic E-state index is -0.429. The molecular weight excluding hydrogens is 637 g/mol. The summed E-state index contributed by atoms with van der Waals surface area (Å²) in [6.07, 6.45) is 0. The van der Waals surface area contributed by atoms with Gasteiger partial charge < -0.3 is 4.74 Å². The number of aromatic nitrogens is 2. The SMILES string of the molecule is CC1(C)CON(Cc2ccccc2Cl)C1=O.Cc1ccc(C(=O)COc2c(C(=O)c3ccc(Cl)c(C)c3Cl)c(C)nn2C)cc1. The second kappa shape index (κ2) is 14.2. The van der Waals surface area contributed by atoms with Gasteiger partial charge in [-0.3, -0.25) is 19.2 Å². The number of aryl methyl sites for hydroxylation is 3. The number of ketones is 2. The normalized spacial score (nSPS) is 13.8. The van der Waals surface area contributed by atoms with Gasteiger partial charge in [-0.1, -0.05) is 82.8 Å².